The van der Waals surface area contributed by atoms with Gasteiger partial charge in [-0.05, 0) is 42.7 Å². The molecule has 8 heteroatoms. The van der Waals surface area contributed by atoms with E-state index in [0.717, 1.165) is 11.3 Å². The summed E-state index contributed by atoms with van der Waals surface area (Å²) in [4.78, 5) is 16.9. The highest BCUT2D eigenvalue weighted by Gasteiger charge is 2.22. The lowest BCUT2D eigenvalue weighted by molar-refractivity contribution is -0.124. The Morgan fingerprint density at radius 2 is 1.90 bits per heavy atom. The van der Waals surface area contributed by atoms with E-state index >= 15 is 0 Å². The summed E-state index contributed by atoms with van der Waals surface area (Å²) in [5.41, 5.74) is 1.59. The lowest BCUT2D eigenvalue weighted by atomic mass is 9.95. The molecule has 0 spiro atoms. The smallest absolute Gasteiger partial charge is 0.261 e. The van der Waals surface area contributed by atoms with Gasteiger partial charge in [0.05, 0.1) is 11.6 Å². The molecule has 0 saturated heterocycles. The van der Waals surface area contributed by atoms with E-state index in [1.807, 2.05) is 36.4 Å². The minimum atomic E-state index is -0.231. The number of carbonyl (C=O) groups excluding carboxylic acids is 1. The zero-order valence-corrected chi connectivity index (χ0v) is 17.8. The van der Waals surface area contributed by atoms with Crippen LogP contribution in [0.2, 0.25) is 0 Å². The summed E-state index contributed by atoms with van der Waals surface area (Å²) in [7, 11) is 0. The molecule has 2 aromatic carbocycles. The minimum absolute atomic E-state index is 0.141. The van der Waals surface area contributed by atoms with Crippen LogP contribution in [-0.2, 0) is 4.79 Å². The lowest BCUT2D eigenvalue weighted by Crippen LogP contribution is -2.35. The van der Waals surface area contributed by atoms with Crippen molar-refractivity contribution >= 4 is 5.91 Å². The van der Waals surface area contributed by atoms with Crippen molar-refractivity contribution in [2.24, 2.45) is 5.92 Å². The number of hydrogen-bond donors (Lipinski definition) is 1. The fourth-order valence-corrected chi connectivity index (χ4v) is 3.42. The third-order valence-electron chi connectivity index (χ3n) is 4.91. The molecule has 0 bridgehead atoms. The second-order valence-corrected chi connectivity index (χ2v) is 7.62. The molecule has 0 unspecified atom stereocenters. The Morgan fingerprint density at radius 1 is 1.13 bits per heavy atom. The van der Waals surface area contributed by atoms with Gasteiger partial charge in [0, 0.05) is 0 Å². The summed E-state index contributed by atoms with van der Waals surface area (Å²) in [6.07, 6.45) is 0. The molecule has 0 saturated carbocycles. The van der Waals surface area contributed by atoms with E-state index in [1.54, 1.807) is 13.0 Å². The number of para-hydroxylation sites is 1. The van der Waals surface area contributed by atoms with Crippen LogP contribution in [0.5, 0.6) is 17.2 Å². The van der Waals surface area contributed by atoms with E-state index in [1.165, 1.54) is 0 Å². The van der Waals surface area contributed by atoms with Gasteiger partial charge in [0.1, 0.15) is 19.0 Å². The summed E-state index contributed by atoms with van der Waals surface area (Å²) < 4.78 is 22.3. The molecule has 1 N–H and O–H groups in total. The third kappa shape index (κ3) is 4.79. The number of fused-ring (bicyclic) bond motifs is 1. The van der Waals surface area contributed by atoms with Gasteiger partial charge in [-0.15, -0.1) is 0 Å². The molecule has 1 amide bonds. The third-order valence-corrected chi connectivity index (χ3v) is 4.91. The number of nitrogens with zero attached hydrogens (tertiary/aromatic N) is 2. The summed E-state index contributed by atoms with van der Waals surface area (Å²) >= 11 is 0. The van der Waals surface area contributed by atoms with Crippen molar-refractivity contribution < 1.29 is 23.5 Å². The van der Waals surface area contributed by atoms with E-state index in [0.29, 0.717) is 42.0 Å². The van der Waals surface area contributed by atoms with E-state index in [4.69, 9.17) is 18.7 Å². The topological polar surface area (TPSA) is 95.7 Å². The molecule has 1 aromatic heterocycles. The molecule has 162 valence electrons. The first-order valence-corrected chi connectivity index (χ1v) is 10.2. The first-order chi connectivity index (χ1) is 15.0. The maximum atomic E-state index is 12.7. The van der Waals surface area contributed by atoms with E-state index < -0.39 is 0 Å². The Labute approximate surface area is 180 Å². The van der Waals surface area contributed by atoms with Crippen LogP contribution in [0.3, 0.4) is 0 Å². The van der Waals surface area contributed by atoms with Crippen molar-refractivity contribution in [2.45, 2.75) is 26.8 Å². The lowest BCUT2D eigenvalue weighted by Gasteiger charge is -2.25. The highest BCUT2D eigenvalue weighted by molar-refractivity contribution is 5.78. The number of ether oxygens (including phenoxy) is 3. The first kappa shape index (κ1) is 20.7. The van der Waals surface area contributed by atoms with Gasteiger partial charge < -0.3 is 24.1 Å². The number of aromatic nitrogens is 2. The van der Waals surface area contributed by atoms with Gasteiger partial charge in [-0.25, -0.2) is 0 Å². The maximum Gasteiger partial charge on any atom is 0.261 e. The van der Waals surface area contributed by atoms with Crippen LogP contribution in [0.4, 0.5) is 0 Å². The van der Waals surface area contributed by atoms with Crippen LogP contribution in [0.1, 0.15) is 31.3 Å². The van der Waals surface area contributed by atoms with Gasteiger partial charge >= 0.3 is 0 Å². The van der Waals surface area contributed by atoms with Gasteiger partial charge in [0.25, 0.3) is 11.8 Å². The summed E-state index contributed by atoms with van der Waals surface area (Å²) in [6.45, 7) is 6.76. The number of carbonyl (C=O) groups is 1. The predicted molar refractivity (Wildman–Crippen MR) is 113 cm³/mol. The fourth-order valence-electron chi connectivity index (χ4n) is 3.42. The molecule has 4 rings (SSSR count). The monoisotopic (exact) mass is 423 g/mol. The Bertz CT molecular complexity index is 1060. The van der Waals surface area contributed by atoms with E-state index in [9.17, 15) is 4.79 Å². The number of aryl methyl sites for hydroxylation is 1. The number of hydrogen-bond acceptors (Lipinski definition) is 7. The van der Waals surface area contributed by atoms with E-state index in [-0.39, 0.29) is 24.5 Å². The molecule has 1 aliphatic rings. The number of amides is 1. The van der Waals surface area contributed by atoms with Crippen LogP contribution in [0.15, 0.2) is 47.0 Å². The standard InChI is InChI=1S/C23H25N3O5/c1-14(2)22(16-8-9-19-20(12-16)29-11-10-28-19)25-21(27)13-30-18-7-5-4-6-17(18)23-24-15(3)26-31-23/h4-9,12,14,22H,10-11,13H2,1-3H3,(H,25,27)/t22-/m0/s1. The molecule has 0 aliphatic carbocycles. The molecule has 1 atom stereocenters. The summed E-state index contributed by atoms with van der Waals surface area (Å²) in [5, 5.41) is 6.87. The molecule has 31 heavy (non-hydrogen) atoms. The van der Waals surface area contributed by atoms with Crippen molar-refractivity contribution in [1.82, 2.24) is 15.5 Å². The van der Waals surface area contributed by atoms with Crippen LogP contribution < -0.4 is 19.5 Å². The zero-order chi connectivity index (χ0) is 21.8. The van der Waals surface area contributed by atoms with Gasteiger partial charge in [0.15, 0.2) is 23.9 Å². The minimum Gasteiger partial charge on any atom is -0.486 e. The molecular formula is C23H25N3O5. The second-order valence-electron chi connectivity index (χ2n) is 7.62. The molecule has 8 nitrogen and oxygen atoms in total. The predicted octanol–water partition coefficient (Wildman–Crippen LogP) is 3.71. The normalized spacial score (nSPS) is 13.7. The number of rotatable bonds is 7. The molecular weight excluding hydrogens is 398 g/mol. The zero-order valence-electron chi connectivity index (χ0n) is 17.8. The molecule has 3 aromatic rings. The van der Waals surface area contributed by atoms with Crippen molar-refractivity contribution in [3.05, 3.63) is 53.9 Å². The van der Waals surface area contributed by atoms with Crippen molar-refractivity contribution in [3.63, 3.8) is 0 Å². The first-order valence-electron chi connectivity index (χ1n) is 10.2. The van der Waals surface area contributed by atoms with Crippen LogP contribution in [0.25, 0.3) is 11.5 Å². The Morgan fingerprint density at radius 3 is 2.65 bits per heavy atom. The molecule has 2 heterocycles. The van der Waals surface area contributed by atoms with Gasteiger partial charge in [-0.2, -0.15) is 4.98 Å². The van der Waals surface area contributed by atoms with Crippen molar-refractivity contribution in [1.29, 1.82) is 0 Å². The van der Waals surface area contributed by atoms with Crippen molar-refractivity contribution in [2.75, 3.05) is 19.8 Å². The number of benzene rings is 2. The fraction of sp³-hybridized carbons (Fsp3) is 0.348. The summed E-state index contributed by atoms with van der Waals surface area (Å²) in [6, 6.07) is 12.8. The molecule has 0 fully saturated rings. The average molecular weight is 423 g/mol. The maximum absolute atomic E-state index is 12.7. The molecule has 0 radical (unpaired) electrons. The average Bonchev–Trinajstić information content (AvgIpc) is 3.22. The largest absolute Gasteiger partial charge is 0.486 e. The van der Waals surface area contributed by atoms with Gasteiger partial charge in [-0.1, -0.05) is 37.2 Å². The van der Waals surface area contributed by atoms with Crippen LogP contribution in [-0.4, -0.2) is 35.9 Å². The highest BCUT2D eigenvalue weighted by atomic mass is 16.6. The van der Waals surface area contributed by atoms with Gasteiger partial charge in [0.2, 0.25) is 0 Å². The van der Waals surface area contributed by atoms with Gasteiger partial charge in [-0.3, -0.25) is 4.79 Å². The SMILES string of the molecule is Cc1noc(-c2ccccc2OCC(=O)N[C@H](c2ccc3c(c2)OCCO3)C(C)C)n1. The molecule has 1 aliphatic heterocycles. The quantitative estimate of drug-likeness (QED) is 0.619. The van der Waals surface area contributed by atoms with Crippen LogP contribution in [0, 0.1) is 12.8 Å². The highest BCUT2D eigenvalue weighted by Crippen LogP contribution is 2.34. The Hall–Kier alpha value is -3.55. The number of nitrogens with one attached hydrogen (secondary N) is 1. The second kappa shape index (κ2) is 9.07. The van der Waals surface area contributed by atoms with Crippen LogP contribution >= 0.6 is 0 Å². The summed E-state index contributed by atoms with van der Waals surface area (Å²) in [5.74, 6) is 2.74. The van der Waals surface area contributed by atoms with E-state index in [2.05, 4.69) is 29.3 Å². The van der Waals surface area contributed by atoms with Crippen molar-refractivity contribution in [3.8, 4) is 28.7 Å². The Balaban J connectivity index is 1.44. The Kier molecular flexibility index (Phi) is 6.06.